The number of sulfone groups is 1. The molecule has 1 aliphatic carbocycles. The lowest BCUT2D eigenvalue weighted by molar-refractivity contribution is -0.120. The first-order chi connectivity index (χ1) is 11.9. The van der Waals surface area contributed by atoms with Crippen molar-refractivity contribution in [3.05, 3.63) is 65.2 Å². The fourth-order valence-corrected chi connectivity index (χ4v) is 4.22. The molecule has 1 N–H and O–H groups in total. The lowest BCUT2D eigenvalue weighted by Gasteiger charge is -2.16. The minimum atomic E-state index is -3.48. The second kappa shape index (κ2) is 7.18. The van der Waals surface area contributed by atoms with Crippen molar-refractivity contribution in [3.63, 3.8) is 0 Å². The molecule has 3 rings (SSSR count). The summed E-state index contributed by atoms with van der Waals surface area (Å²) in [6.07, 6.45) is 2.04. The van der Waals surface area contributed by atoms with Gasteiger partial charge in [0.05, 0.1) is 10.6 Å². The largest absolute Gasteiger partial charge is 0.355 e. The molecule has 0 aliphatic heterocycles. The Morgan fingerprint density at radius 3 is 2.28 bits per heavy atom. The second-order valence-corrected chi connectivity index (χ2v) is 8.99. The van der Waals surface area contributed by atoms with Gasteiger partial charge in [0.25, 0.3) is 0 Å². The van der Waals surface area contributed by atoms with Crippen LogP contribution in [0, 0.1) is 0 Å². The Kier molecular flexibility index (Phi) is 5.16. The van der Waals surface area contributed by atoms with Gasteiger partial charge in [0.1, 0.15) is 0 Å². The topological polar surface area (TPSA) is 63.2 Å². The predicted molar refractivity (Wildman–Crippen MR) is 98.5 cm³/mol. The van der Waals surface area contributed by atoms with Gasteiger partial charge in [-0.15, -0.1) is 0 Å². The maximum atomic E-state index is 12.3. The molecular formula is C19H20ClNO3S. The van der Waals surface area contributed by atoms with E-state index >= 15 is 0 Å². The van der Waals surface area contributed by atoms with Gasteiger partial charge >= 0.3 is 0 Å². The molecule has 0 spiro atoms. The molecule has 0 unspecified atom stereocenters. The molecule has 1 aliphatic rings. The van der Waals surface area contributed by atoms with Gasteiger partial charge in [-0.05, 0) is 42.7 Å². The molecule has 0 bridgehead atoms. The maximum Gasteiger partial charge on any atom is 0.221 e. The molecule has 0 atom stereocenters. The van der Waals surface area contributed by atoms with E-state index in [1.165, 1.54) is 29.8 Å². The smallest absolute Gasteiger partial charge is 0.221 e. The summed E-state index contributed by atoms with van der Waals surface area (Å²) in [6, 6.07) is 16.1. The molecule has 132 valence electrons. The number of rotatable bonds is 7. The van der Waals surface area contributed by atoms with E-state index in [2.05, 4.69) is 17.4 Å². The van der Waals surface area contributed by atoms with Gasteiger partial charge in [0, 0.05) is 23.4 Å². The van der Waals surface area contributed by atoms with Gasteiger partial charge in [0.15, 0.2) is 9.84 Å². The Labute approximate surface area is 153 Å². The number of amides is 1. The van der Waals surface area contributed by atoms with Crippen molar-refractivity contribution in [1.82, 2.24) is 5.32 Å². The molecule has 2 aromatic rings. The number of carbonyl (C=O) groups excluding carboxylic acids is 1. The molecule has 0 heterocycles. The number of halogens is 1. The average Bonchev–Trinajstić information content (AvgIpc) is 3.41. The Hall–Kier alpha value is -1.85. The van der Waals surface area contributed by atoms with E-state index in [1.54, 1.807) is 0 Å². The predicted octanol–water partition coefficient (Wildman–Crippen LogP) is 3.35. The first-order valence-electron chi connectivity index (χ1n) is 8.22. The maximum absolute atomic E-state index is 12.3. The SMILES string of the molecule is O=C(CCS(=O)(=O)c1ccc(Cl)cc1)NCC1(c2ccccc2)CC1. The minimum absolute atomic E-state index is 0.0198. The van der Waals surface area contributed by atoms with E-state index in [0.717, 1.165) is 12.8 Å². The van der Waals surface area contributed by atoms with Crippen LogP contribution in [0.1, 0.15) is 24.8 Å². The van der Waals surface area contributed by atoms with Crippen LogP contribution in [0.3, 0.4) is 0 Å². The summed E-state index contributed by atoms with van der Waals surface area (Å²) in [5, 5.41) is 3.37. The highest BCUT2D eigenvalue weighted by Crippen LogP contribution is 2.47. The molecule has 0 radical (unpaired) electrons. The summed E-state index contributed by atoms with van der Waals surface area (Å²) in [5.74, 6) is -0.446. The Morgan fingerprint density at radius 1 is 1.04 bits per heavy atom. The molecule has 4 nitrogen and oxygen atoms in total. The van der Waals surface area contributed by atoms with Crippen LogP contribution in [0.15, 0.2) is 59.5 Å². The van der Waals surface area contributed by atoms with Crippen LogP contribution in [-0.4, -0.2) is 26.6 Å². The molecule has 6 heteroatoms. The summed E-state index contributed by atoms with van der Waals surface area (Å²) >= 11 is 5.77. The van der Waals surface area contributed by atoms with Gasteiger partial charge in [-0.1, -0.05) is 41.9 Å². The third kappa shape index (κ3) is 4.41. The van der Waals surface area contributed by atoms with Gasteiger partial charge in [-0.2, -0.15) is 0 Å². The highest BCUT2D eigenvalue weighted by atomic mass is 35.5. The molecule has 1 fully saturated rings. The summed E-state index contributed by atoms with van der Waals surface area (Å²) in [5.41, 5.74) is 1.25. The van der Waals surface area contributed by atoms with Crippen LogP contribution in [-0.2, 0) is 20.0 Å². The fourth-order valence-electron chi connectivity index (χ4n) is 2.85. The molecule has 0 aromatic heterocycles. The number of benzene rings is 2. The molecule has 25 heavy (non-hydrogen) atoms. The summed E-state index contributed by atoms with van der Waals surface area (Å²) in [7, 11) is -3.48. The van der Waals surface area contributed by atoms with E-state index in [4.69, 9.17) is 11.6 Å². The van der Waals surface area contributed by atoms with Crippen molar-refractivity contribution in [2.24, 2.45) is 0 Å². The molecule has 2 aromatic carbocycles. The lowest BCUT2D eigenvalue weighted by atomic mass is 9.96. The zero-order valence-electron chi connectivity index (χ0n) is 13.7. The summed E-state index contributed by atoms with van der Waals surface area (Å²) in [4.78, 5) is 12.3. The zero-order valence-corrected chi connectivity index (χ0v) is 15.3. The number of hydrogen-bond donors (Lipinski definition) is 1. The van der Waals surface area contributed by atoms with Crippen molar-refractivity contribution in [3.8, 4) is 0 Å². The highest BCUT2D eigenvalue weighted by molar-refractivity contribution is 7.91. The molecule has 1 saturated carbocycles. The van der Waals surface area contributed by atoms with Crippen LogP contribution in [0.4, 0.5) is 0 Å². The quantitative estimate of drug-likeness (QED) is 0.804. The Morgan fingerprint density at radius 2 is 1.68 bits per heavy atom. The van der Waals surface area contributed by atoms with Crippen LogP contribution < -0.4 is 5.32 Å². The number of carbonyl (C=O) groups is 1. The molecule has 0 saturated heterocycles. The van der Waals surface area contributed by atoms with Crippen LogP contribution in [0.2, 0.25) is 5.02 Å². The standard InChI is InChI=1S/C19H20ClNO3S/c20-16-6-8-17(9-7-16)25(23,24)13-10-18(22)21-14-19(11-12-19)15-4-2-1-3-5-15/h1-9H,10-14H2,(H,21,22). The Bertz CT molecular complexity index is 844. The lowest BCUT2D eigenvalue weighted by Crippen LogP contribution is -2.33. The Balaban J connectivity index is 1.52. The van der Waals surface area contributed by atoms with Crippen LogP contribution in [0.5, 0.6) is 0 Å². The van der Waals surface area contributed by atoms with E-state index in [0.29, 0.717) is 11.6 Å². The first kappa shape index (κ1) is 18.0. The van der Waals surface area contributed by atoms with Crippen LogP contribution in [0.25, 0.3) is 0 Å². The van der Waals surface area contributed by atoms with Gasteiger partial charge in [0.2, 0.25) is 5.91 Å². The fraction of sp³-hybridized carbons (Fsp3) is 0.316. The number of nitrogens with one attached hydrogen (secondary N) is 1. The van der Waals surface area contributed by atoms with E-state index in [-0.39, 0.29) is 28.4 Å². The second-order valence-electron chi connectivity index (χ2n) is 6.45. The molecular weight excluding hydrogens is 358 g/mol. The van der Waals surface area contributed by atoms with E-state index in [9.17, 15) is 13.2 Å². The van der Waals surface area contributed by atoms with Crippen LogP contribution >= 0.6 is 11.6 Å². The third-order valence-electron chi connectivity index (χ3n) is 4.63. The van der Waals surface area contributed by atoms with Crippen molar-refractivity contribution < 1.29 is 13.2 Å². The normalized spacial score (nSPS) is 15.6. The van der Waals surface area contributed by atoms with Crippen molar-refractivity contribution in [2.45, 2.75) is 29.6 Å². The monoisotopic (exact) mass is 377 g/mol. The van der Waals surface area contributed by atoms with Crippen molar-refractivity contribution >= 4 is 27.3 Å². The van der Waals surface area contributed by atoms with Crippen molar-refractivity contribution in [1.29, 1.82) is 0 Å². The van der Waals surface area contributed by atoms with Gasteiger partial charge in [-0.3, -0.25) is 4.79 Å². The summed E-state index contributed by atoms with van der Waals surface area (Å²) in [6.45, 7) is 0.552. The van der Waals surface area contributed by atoms with Gasteiger partial charge < -0.3 is 5.32 Å². The third-order valence-corrected chi connectivity index (χ3v) is 6.62. The van der Waals surface area contributed by atoms with Crippen molar-refractivity contribution in [2.75, 3.05) is 12.3 Å². The zero-order chi connectivity index (χ0) is 17.9. The minimum Gasteiger partial charge on any atom is -0.355 e. The average molecular weight is 378 g/mol. The molecule has 1 amide bonds. The van der Waals surface area contributed by atoms with Gasteiger partial charge in [-0.25, -0.2) is 8.42 Å². The van der Waals surface area contributed by atoms with E-state index in [1.807, 2.05) is 18.2 Å². The highest BCUT2D eigenvalue weighted by Gasteiger charge is 2.44. The first-order valence-corrected chi connectivity index (χ1v) is 10.2. The van der Waals surface area contributed by atoms with E-state index < -0.39 is 9.84 Å². The summed E-state index contributed by atoms with van der Waals surface area (Å²) < 4.78 is 24.5. The number of hydrogen-bond acceptors (Lipinski definition) is 3.